The van der Waals surface area contributed by atoms with Crippen molar-refractivity contribution in [2.24, 2.45) is 0 Å². The van der Waals surface area contributed by atoms with Gasteiger partial charge in [-0.3, -0.25) is 0 Å². The molecule has 146 valence electrons. The number of methoxy groups -OCH3 is 1. The molecule has 2 heterocycles. The zero-order chi connectivity index (χ0) is 20.2. The van der Waals surface area contributed by atoms with Crippen molar-refractivity contribution in [3.8, 4) is 5.75 Å². The van der Waals surface area contributed by atoms with Gasteiger partial charge >= 0.3 is 0 Å². The number of ether oxygens (including phenoxy) is 1. The van der Waals surface area contributed by atoms with Crippen LogP contribution in [-0.2, 0) is 0 Å². The van der Waals surface area contributed by atoms with Crippen molar-refractivity contribution in [2.75, 3.05) is 17.3 Å². The third kappa shape index (κ3) is 2.50. The molecule has 0 amide bonds. The SMILES string of the molecule is COc1ccc2c(c1)C1Nc3cccc4cccc(c34)N1C(c1ccccc1Br)=C2. The van der Waals surface area contributed by atoms with Gasteiger partial charge in [0.1, 0.15) is 11.9 Å². The highest BCUT2D eigenvalue weighted by Crippen LogP contribution is 2.50. The van der Waals surface area contributed by atoms with Crippen LogP contribution in [0.15, 0.2) is 83.3 Å². The maximum Gasteiger partial charge on any atom is 0.131 e. The van der Waals surface area contributed by atoms with Gasteiger partial charge in [-0.25, -0.2) is 0 Å². The maximum atomic E-state index is 5.54. The molecule has 2 aliphatic rings. The Hall–Kier alpha value is -3.24. The van der Waals surface area contributed by atoms with E-state index in [4.69, 9.17) is 4.74 Å². The van der Waals surface area contributed by atoms with Crippen molar-refractivity contribution in [3.05, 3.63) is 100 Å². The molecule has 30 heavy (non-hydrogen) atoms. The first kappa shape index (κ1) is 17.6. The number of hydrogen-bond acceptors (Lipinski definition) is 3. The lowest BCUT2D eigenvalue weighted by Crippen LogP contribution is -2.37. The topological polar surface area (TPSA) is 24.5 Å². The highest BCUT2D eigenvalue weighted by Gasteiger charge is 2.35. The first-order valence-corrected chi connectivity index (χ1v) is 10.8. The predicted octanol–water partition coefficient (Wildman–Crippen LogP) is 7.05. The first-order chi connectivity index (χ1) is 14.7. The van der Waals surface area contributed by atoms with Gasteiger partial charge in [0.15, 0.2) is 0 Å². The Bertz CT molecular complexity index is 1340. The van der Waals surface area contributed by atoms with Gasteiger partial charge in [0.05, 0.1) is 18.5 Å². The van der Waals surface area contributed by atoms with Crippen LogP contribution in [0.1, 0.15) is 22.9 Å². The Morgan fingerprint density at radius 1 is 0.933 bits per heavy atom. The number of anilines is 2. The molecule has 0 aromatic heterocycles. The quantitative estimate of drug-likeness (QED) is 0.351. The van der Waals surface area contributed by atoms with Crippen LogP contribution in [0.3, 0.4) is 0 Å². The van der Waals surface area contributed by atoms with E-state index >= 15 is 0 Å². The van der Waals surface area contributed by atoms with Crippen molar-refractivity contribution < 1.29 is 4.74 Å². The lowest BCUT2D eigenvalue weighted by Gasteiger charge is -2.44. The number of nitrogens with zero attached hydrogens (tertiary/aromatic N) is 1. The van der Waals surface area contributed by atoms with Gasteiger partial charge in [0, 0.05) is 26.7 Å². The highest BCUT2D eigenvalue weighted by molar-refractivity contribution is 9.10. The van der Waals surface area contributed by atoms with Crippen molar-refractivity contribution in [1.29, 1.82) is 0 Å². The van der Waals surface area contributed by atoms with Gasteiger partial charge in [-0.2, -0.15) is 0 Å². The molecule has 0 fully saturated rings. The first-order valence-electron chi connectivity index (χ1n) is 9.96. The zero-order valence-electron chi connectivity index (χ0n) is 16.4. The van der Waals surface area contributed by atoms with E-state index in [-0.39, 0.29) is 6.17 Å². The molecule has 0 radical (unpaired) electrons. The molecule has 0 spiro atoms. The molecule has 1 atom stereocenters. The van der Waals surface area contributed by atoms with E-state index in [0.29, 0.717) is 0 Å². The van der Waals surface area contributed by atoms with Crippen LogP contribution in [0.25, 0.3) is 22.5 Å². The third-order valence-electron chi connectivity index (χ3n) is 5.98. The summed E-state index contributed by atoms with van der Waals surface area (Å²) in [7, 11) is 1.72. The van der Waals surface area contributed by atoms with Crippen LogP contribution in [0, 0.1) is 0 Å². The molecule has 1 N–H and O–H groups in total. The summed E-state index contributed by atoms with van der Waals surface area (Å²) < 4.78 is 6.62. The molecule has 1 unspecified atom stereocenters. The van der Waals surface area contributed by atoms with E-state index in [1.54, 1.807) is 7.11 Å². The Balaban J connectivity index is 1.68. The van der Waals surface area contributed by atoms with E-state index in [0.717, 1.165) is 15.9 Å². The second-order valence-electron chi connectivity index (χ2n) is 7.60. The molecule has 2 aliphatic heterocycles. The smallest absolute Gasteiger partial charge is 0.131 e. The van der Waals surface area contributed by atoms with E-state index < -0.39 is 0 Å². The number of nitrogens with one attached hydrogen (secondary N) is 1. The summed E-state index contributed by atoms with van der Waals surface area (Å²) in [5.74, 6) is 0.866. The zero-order valence-corrected chi connectivity index (χ0v) is 18.0. The van der Waals surface area contributed by atoms with Crippen molar-refractivity contribution in [2.45, 2.75) is 6.17 Å². The summed E-state index contributed by atoms with van der Waals surface area (Å²) in [5, 5.41) is 6.29. The van der Waals surface area contributed by atoms with E-state index in [2.05, 4.69) is 105 Å². The fraction of sp³-hybridized carbons (Fsp3) is 0.0769. The number of halogens is 1. The van der Waals surface area contributed by atoms with Gasteiger partial charge in [0.2, 0.25) is 0 Å². The van der Waals surface area contributed by atoms with Crippen LogP contribution < -0.4 is 15.0 Å². The normalized spacial score (nSPS) is 16.4. The minimum Gasteiger partial charge on any atom is -0.497 e. The largest absolute Gasteiger partial charge is 0.497 e. The molecule has 6 rings (SSSR count). The summed E-state index contributed by atoms with van der Waals surface area (Å²) in [5.41, 5.74) is 7.11. The second kappa shape index (κ2) is 6.64. The van der Waals surface area contributed by atoms with E-state index in [9.17, 15) is 0 Å². The molecule has 0 saturated heterocycles. The summed E-state index contributed by atoms with van der Waals surface area (Å²) in [6.45, 7) is 0. The number of hydrogen-bond donors (Lipinski definition) is 1. The summed E-state index contributed by atoms with van der Waals surface area (Å²) in [6.07, 6.45) is 2.25. The van der Waals surface area contributed by atoms with Crippen molar-refractivity contribution in [3.63, 3.8) is 0 Å². The molecule has 4 aromatic rings. The minimum atomic E-state index is -0.0253. The average molecular weight is 455 g/mol. The van der Waals surface area contributed by atoms with Crippen LogP contribution in [0.4, 0.5) is 11.4 Å². The Kier molecular flexibility index (Phi) is 3.90. The lowest BCUT2D eigenvalue weighted by atomic mass is 9.91. The molecule has 4 heteroatoms. The number of fused-ring (bicyclic) bond motifs is 4. The van der Waals surface area contributed by atoms with Crippen LogP contribution in [0.2, 0.25) is 0 Å². The van der Waals surface area contributed by atoms with Gasteiger partial charge in [-0.15, -0.1) is 0 Å². The Labute approximate surface area is 183 Å². The molecular weight excluding hydrogens is 436 g/mol. The van der Waals surface area contributed by atoms with Gasteiger partial charge in [-0.05, 0) is 47.4 Å². The average Bonchev–Trinajstić information content (AvgIpc) is 2.79. The van der Waals surface area contributed by atoms with E-state index in [1.165, 1.54) is 38.8 Å². The van der Waals surface area contributed by atoms with Gasteiger partial charge in [-0.1, -0.05) is 64.5 Å². The summed E-state index contributed by atoms with van der Waals surface area (Å²) >= 11 is 3.77. The van der Waals surface area contributed by atoms with Gasteiger partial charge in [0.25, 0.3) is 0 Å². The van der Waals surface area contributed by atoms with Crippen LogP contribution in [-0.4, -0.2) is 7.11 Å². The van der Waals surface area contributed by atoms with Crippen molar-refractivity contribution >= 4 is 49.9 Å². The molecule has 0 saturated carbocycles. The highest BCUT2D eigenvalue weighted by atomic mass is 79.9. The molecule has 0 bridgehead atoms. The summed E-state index contributed by atoms with van der Waals surface area (Å²) in [4.78, 5) is 2.41. The minimum absolute atomic E-state index is 0.0253. The Morgan fingerprint density at radius 2 is 1.77 bits per heavy atom. The number of rotatable bonds is 2. The monoisotopic (exact) mass is 454 g/mol. The summed E-state index contributed by atoms with van der Waals surface area (Å²) in [6, 6.07) is 27.7. The van der Waals surface area contributed by atoms with Gasteiger partial charge < -0.3 is 15.0 Å². The molecule has 0 aliphatic carbocycles. The van der Waals surface area contributed by atoms with E-state index in [1.807, 2.05) is 6.07 Å². The standard InChI is InChI=1S/C26H19BrN2O/c1-30-18-13-12-17-14-24(19-8-2-3-9-21(19)27)29-23-11-5-7-16-6-4-10-22(25(16)23)28-26(29)20(17)15-18/h2-15,26,28H,1H3. The fourth-order valence-electron chi connectivity index (χ4n) is 4.62. The molecule has 3 nitrogen and oxygen atoms in total. The number of benzene rings is 4. The predicted molar refractivity (Wildman–Crippen MR) is 128 cm³/mol. The second-order valence-corrected chi connectivity index (χ2v) is 8.46. The van der Waals surface area contributed by atoms with Crippen molar-refractivity contribution in [1.82, 2.24) is 0 Å². The fourth-order valence-corrected chi connectivity index (χ4v) is 5.11. The maximum absolute atomic E-state index is 5.54. The van der Waals surface area contributed by atoms with Crippen LogP contribution >= 0.6 is 15.9 Å². The molecular formula is C26H19BrN2O. The third-order valence-corrected chi connectivity index (χ3v) is 6.67. The Morgan fingerprint density at radius 3 is 2.60 bits per heavy atom. The lowest BCUT2D eigenvalue weighted by molar-refractivity contribution is 0.414. The molecule has 4 aromatic carbocycles. The van der Waals surface area contributed by atoms with Crippen LogP contribution in [0.5, 0.6) is 5.75 Å².